The van der Waals surface area contributed by atoms with Crippen molar-refractivity contribution in [3.05, 3.63) is 0 Å². The van der Waals surface area contributed by atoms with Gasteiger partial charge in [-0.05, 0) is 11.3 Å². The van der Waals surface area contributed by atoms with Crippen LogP contribution in [0.1, 0.15) is 34.6 Å². The summed E-state index contributed by atoms with van der Waals surface area (Å²) in [4.78, 5) is 13.1. The molecule has 0 aromatic heterocycles. The van der Waals surface area contributed by atoms with E-state index in [0.717, 1.165) is 6.54 Å². The van der Waals surface area contributed by atoms with Crippen LogP contribution < -0.4 is 0 Å². The summed E-state index contributed by atoms with van der Waals surface area (Å²) in [6.07, 6.45) is -0.228. The minimum atomic E-state index is -0.228. The second-order valence-corrected chi connectivity index (χ2v) is 5.39. The van der Waals surface area contributed by atoms with Crippen LogP contribution in [0.2, 0.25) is 0 Å². The minimum absolute atomic E-state index is 0.0360. The SMILES string of the molecule is CC(C)CN(C)C(=O)OCC(C)(C)C. The van der Waals surface area contributed by atoms with Crippen LogP contribution in [0.3, 0.4) is 0 Å². The van der Waals surface area contributed by atoms with Crippen molar-refractivity contribution < 1.29 is 9.53 Å². The molecule has 0 aliphatic heterocycles. The molecule has 0 saturated heterocycles. The van der Waals surface area contributed by atoms with Crippen molar-refractivity contribution in [3.63, 3.8) is 0 Å². The van der Waals surface area contributed by atoms with E-state index in [9.17, 15) is 4.79 Å². The summed E-state index contributed by atoms with van der Waals surface area (Å²) in [5.41, 5.74) is 0.0360. The van der Waals surface area contributed by atoms with Crippen LogP contribution in [-0.4, -0.2) is 31.2 Å². The zero-order valence-electron chi connectivity index (χ0n) is 10.3. The molecule has 0 bridgehead atoms. The monoisotopic (exact) mass is 201 g/mol. The summed E-state index contributed by atoms with van der Waals surface area (Å²) in [5.74, 6) is 0.474. The van der Waals surface area contributed by atoms with E-state index in [1.54, 1.807) is 11.9 Å². The van der Waals surface area contributed by atoms with E-state index in [1.807, 2.05) is 20.8 Å². The molecule has 14 heavy (non-hydrogen) atoms. The summed E-state index contributed by atoms with van der Waals surface area (Å²) in [7, 11) is 1.77. The molecule has 0 spiro atoms. The first-order valence-electron chi connectivity index (χ1n) is 5.10. The molecule has 0 radical (unpaired) electrons. The number of carbonyl (C=O) groups excluding carboxylic acids is 1. The van der Waals surface area contributed by atoms with Crippen LogP contribution in [-0.2, 0) is 4.74 Å². The maximum atomic E-state index is 11.4. The fourth-order valence-electron chi connectivity index (χ4n) is 1.01. The fourth-order valence-corrected chi connectivity index (χ4v) is 1.01. The lowest BCUT2D eigenvalue weighted by atomic mass is 9.99. The predicted molar refractivity (Wildman–Crippen MR) is 58.3 cm³/mol. The third-order valence-corrected chi connectivity index (χ3v) is 1.58. The quantitative estimate of drug-likeness (QED) is 0.702. The molecule has 0 aliphatic rings. The van der Waals surface area contributed by atoms with Gasteiger partial charge in [0, 0.05) is 13.6 Å². The van der Waals surface area contributed by atoms with Gasteiger partial charge >= 0.3 is 6.09 Å². The van der Waals surface area contributed by atoms with E-state index in [1.165, 1.54) is 0 Å². The normalized spacial score (nSPS) is 11.6. The summed E-state index contributed by atoms with van der Waals surface area (Å²) in [6.45, 7) is 11.5. The Hall–Kier alpha value is -0.730. The van der Waals surface area contributed by atoms with Gasteiger partial charge in [0.25, 0.3) is 0 Å². The third kappa shape index (κ3) is 6.75. The van der Waals surface area contributed by atoms with Crippen molar-refractivity contribution in [3.8, 4) is 0 Å². The Balaban J connectivity index is 3.85. The minimum Gasteiger partial charge on any atom is -0.449 e. The number of hydrogen-bond donors (Lipinski definition) is 0. The molecule has 0 rings (SSSR count). The van der Waals surface area contributed by atoms with Crippen LogP contribution in [0.15, 0.2) is 0 Å². The van der Waals surface area contributed by atoms with Gasteiger partial charge in [0.15, 0.2) is 0 Å². The molecule has 3 nitrogen and oxygen atoms in total. The average Bonchev–Trinajstić information content (AvgIpc) is 1.97. The number of nitrogens with zero attached hydrogens (tertiary/aromatic N) is 1. The molecular weight excluding hydrogens is 178 g/mol. The van der Waals surface area contributed by atoms with Crippen LogP contribution in [0.25, 0.3) is 0 Å². The van der Waals surface area contributed by atoms with E-state index in [4.69, 9.17) is 4.74 Å². The van der Waals surface area contributed by atoms with Gasteiger partial charge in [0.2, 0.25) is 0 Å². The molecule has 0 heterocycles. The lowest BCUT2D eigenvalue weighted by Gasteiger charge is -2.23. The van der Waals surface area contributed by atoms with Gasteiger partial charge < -0.3 is 9.64 Å². The molecule has 0 aromatic rings. The van der Waals surface area contributed by atoms with Gasteiger partial charge in [-0.1, -0.05) is 34.6 Å². The van der Waals surface area contributed by atoms with Gasteiger partial charge in [-0.3, -0.25) is 0 Å². The first-order chi connectivity index (χ1) is 6.22. The zero-order chi connectivity index (χ0) is 11.4. The Morgan fingerprint density at radius 1 is 1.36 bits per heavy atom. The van der Waals surface area contributed by atoms with E-state index in [-0.39, 0.29) is 11.5 Å². The maximum Gasteiger partial charge on any atom is 0.409 e. The van der Waals surface area contributed by atoms with Crippen molar-refractivity contribution in [1.82, 2.24) is 4.90 Å². The van der Waals surface area contributed by atoms with Gasteiger partial charge in [-0.15, -0.1) is 0 Å². The van der Waals surface area contributed by atoms with Crippen LogP contribution in [0.5, 0.6) is 0 Å². The van der Waals surface area contributed by atoms with Crippen molar-refractivity contribution in [2.45, 2.75) is 34.6 Å². The Morgan fingerprint density at radius 2 is 1.86 bits per heavy atom. The van der Waals surface area contributed by atoms with Gasteiger partial charge in [0.05, 0.1) is 6.61 Å². The highest BCUT2D eigenvalue weighted by atomic mass is 16.6. The van der Waals surface area contributed by atoms with Crippen LogP contribution in [0.4, 0.5) is 4.79 Å². The van der Waals surface area contributed by atoms with Gasteiger partial charge in [-0.25, -0.2) is 4.79 Å². The molecule has 0 N–H and O–H groups in total. The number of carbonyl (C=O) groups is 1. The first-order valence-corrected chi connectivity index (χ1v) is 5.10. The molecule has 3 heteroatoms. The Bertz CT molecular complexity index is 182. The highest BCUT2D eigenvalue weighted by molar-refractivity contribution is 5.67. The first kappa shape index (κ1) is 13.3. The van der Waals surface area contributed by atoms with Gasteiger partial charge in [-0.2, -0.15) is 0 Å². The second-order valence-electron chi connectivity index (χ2n) is 5.39. The summed E-state index contributed by atoms with van der Waals surface area (Å²) >= 11 is 0. The number of amides is 1. The number of rotatable bonds is 3. The molecule has 0 saturated carbocycles. The van der Waals surface area contributed by atoms with E-state index in [0.29, 0.717) is 12.5 Å². The van der Waals surface area contributed by atoms with Crippen LogP contribution in [0, 0.1) is 11.3 Å². The molecule has 0 atom stereocenters. The lowest BCUT2D eigenvalue weighted by molar-refractivity contribution is 0.0761. The standard InChI is InChI=1S/C11H23NO2/c1-9(2)7-12(6)10(13)14-8-11(3,4)5/h9H,7-8H2,1-6H3. The molecular formula is C11H23NO2. The lowest BCUT2D eigenvalue weighted by Crippen LogP contribution is -2.32. The highest BCUT2D eigenvalue weighted by Crippen LogP contribution is 2.13. The molecule has 0 aliphatic carbocycles. The van der Waals surface area contributed by atoms with Crippen molar-refractivity contribution in [1.29, 1.82) is 0 Å². The highest BCUT2D eigenvalue weighted by Gasteiger charge is 2.16. The van der Waals surface area contributed by atoms with Gasteiger partial charge in [0.1, 0.15) is 0 Å². The molecule has 0 aromatic carbocycles. The number of ether oxygens (including phenoxy) is 1. The van der Waals surface area contributed by atoms with E-state index >= 15 is 0 Å². The van der Waals surface area contributed by atoms with E-state index in [2.05, 4.69) is 13.8 Å². The second kappa shape index (κ2) is 5.23. The molecule has 84 valence electrons. The van der Waals surface area contributed by atoms with Crippen molar-refractivity contribution in [2.24, 2.45) is 11.3 Å². The average molecular weight is 201 g/mol. The van der Waals surface area contributed by atoms with Crippen molar-refractivity contribution >= 4 is 6.09 Å². The summed E-state index contributed by atoms with van der Waals surface area (Å²) < 4.78 is 5.16. The molecule has 0 unspecified atom stereocenters. The Morgan fingerprint density at radius 3 is 2.21 bits per heavy atom. The molecule has 1 amide bonds. The zero-order valence-corrected chi connectivity index (χ0v) is 10.3. The third-order valence-electron chi connectivity index (χ3n) is 1.58. The molecule has 0 fully saturated rings. The Labute approximate surface area is 87.4 Å². The fraction of sp³-hybridized carbons (Fsp3) is 0.909. The largest absolute Gasteiger partial charge is 0.449 e. The summed E-state index contributed by atoms with van der Waals surface area (Å²) in [6, 6.07) is 0. The topological polar surface area (TPSA) is 29.5 Å². The van der Waals surface area contributed by atoms with Crippen LogP contribution >= 0.6 is 0 Å². The number of hydrogen-bond acceptors (Lipinski definition) is 2. The maximum absolute atomic E-state index is 11.4. The smallest absolute Gasteiger partial charge is 0.409 e. The van der Waals surface area contributed by atoms with Crippen molar-refractivity contribution in [2.75, 3.05) is 20.2 Å². The van der Waals surface area contributed by atoms with E-state index < -0.39 is 0 Å². The predicted octanol–water partition coefficient (Wildman–Crippen LogP) is 2.76. The Kier molecular flexibility index (Phi) is 4.95. The summed E-state index contributed by atoms with van der Waals surface area (Å²) in [5, 5.41) is 0.